The topological polar surface area (TPSA) is 76.4 Å². The van der Waals surface area contributed by atoms with Crippen LogP contribution in [0.3, 0.4) is 0 Å². The van der Waals surface area contributed by atoms with Crippen molar-refractivity contribution in [3.05, 3.63) is 16.0 Å². The first kappa shape index (κ1) is 15.0. The standard InChI is InChI=1S/C14H19N3O2S/c1-9-10(2)20-14(12(9)6-15)16-13(19)8-17-5-3-4-11(18)7-17/h11,18H,3-5,7-8H2,1-2H3,(H,16,19). The molecule has 1 aromatic rings. The van der Waals surface area contributed by atoms with Gasteiger partial charge in [-0.2, -0.15) is 5.26 Å². The maximum absolute atomic E-state index is 12.0. The number of carbonyl (C=O) groups excluding carboxylic acids is 1. The number of carbonyl (C=O) groups is 1. The van der Waals surface area contributed by atoms with Gasteiger partial charge in [-0.05, 0) is 38.8 Å². The minimum absolute atomic E-state index is 0.128. The van der Waals surface area contributed by atoms with Gasteiger partial charge in [-0.3, -0.25) is 9.69 Å². The van der Waals surface area contributed by atoms with Gasteiger partial charge in [0.15, 0.2) is 0 Å². The van der Waals surface area contributed by atoms with E-state index in [9.17, 15) is 9.90 Å². The number of rotatable bonds is 3. The van der Waals surface area contributed by atoms with Crippen molar-refractivity contribution in [3.63, 3.8) is 0 Å². The molecular formula is C14H19N3O2S. The lowest BCUT2D eigenvalue weighted by molar-refractivity contribution is -0.117. The average molecular weight is 293 g/mol. The third kappa shape index (κ3) is 3.37. The van der Waals surface area contributed by atoms with Gasteiger partial charge in [-0.25, -0.2) is 0 Å². The maximum atomic E-state index is 12.0. The monoisotopic (exact) mass is 293 g/mol. The molecule has 1 aliphatic rings. The number of β-amino-alcohol motifs (C(OH)–C–C–N with tert-alkyl or cyclic N) is 1. The predicted molar refractivity (Wildman–Crippen MR) is 78.8 cm³/mol. The van der Waals surface area contributed by atoms with Gasteiger partial charge in [-0.1, -0.05) is 0 Å². The Morgan fingerprint density at radius 1 is 1.60 bits per heavy atom. The van der Waals surface area contributed by atoms with E-state index in [1.807, 2.05) is 18.7 Å². The molecule has 2 rings (SSSR count). The van der Waals surface area contributed by atoms with E-state index < -0.39 is 0 Å². The second-order valence-corrected chi connectivity index (χ2v) is 6.40. The van der Waals surface area contributed by atoms with Crippen molar-refractivity contribution >= 4 is 22.2 Å². The Labute approximate surface area is 122 Å². The maximum Gasteiger partial charge on any atom is 0.239 e. The number of nitrogens with one attached hydrogen (secondary N) is 1. The molecule has 0 aliphatic carbocycles. The van der Waals surface area contributed by atoms with Crippen LogP contribution in [0.2, 0.25) is 0 Å². The van der Waals surface area contributed by atoms with Crippen molar-refractivity contribution in [2.24, 2.45) is 0 Å². The normalized spacial score (nSPS) is 19.6. The zero-order valence-corrected chi connectivity index (χ0v) is 12.6. The molecule has 2 heterocycles. The van der Waals surface area contributed by atoms with E-state index in [4.69, 9.17) is 5.26 Å². The van der Waals surface area contributed by atoms with Crippen LogP contribution < -0.4 is 5.32 Å². The number of amides is 1. The summed E-state index contributed by atoms with van der Waals surface area (Å²) in [6.45, 7) is 5.47. The van der Waals surface area contributed by atoms with E-state index in [-0.39, 0.29) is 18.6 Å². The Morgan fingerprint density at radius 2 is 2.35 bits per heavy atom. The van der Waals surface area contributed by atoms with Crippen LogP contribution in [0.5, 0.6) is 0 Å². The summed E-state index contributed by atoms with van der Waals surface area (Å²) in [5.74, 6) is -0.128. The molecule has 0 radical (unpaired) electrons. The van der Waals surface area contributed by atoms with Gasteiger partial charge >= 0.3 is 0 Å². The predicted octanol–water partition coefficient (Wildman–Crippen LogP) is 1.63. The third-order valence-electron chi connectivity index (χ3n) is 3.60. The van der Waals surface area contributed by atoms with Gasteiger partial charge in [0.2, 0.25) is 5.91 Å². The van der Waals surface area contributed by atoms with Crippen molar-refractivity contribution in [2.75, 3.05) is 25.0 Å². The van der Waals surface area contributed by atoms with Crippen LogP contribution in [0.25, 0.3) is 0 Å². The molecule has 1 unspecified atom stereocenters. The number of thiophene rings is 1. The summed E-state index contributed by atoms with van der Waals surface area (Å²) in [5, 5.41) is 22.2. The first-order valence-corrected chi connectivity index (χ1v) is 7.53. The van der Waals surface area contributed by atoms with Crippen molar-refractivity contribution in [3.8, 4) is 6.07 Å². The molecule has 108 valence electrons. The van der Waals surface area contributed by atoms with E-state index in [2.05, 4.69) is 11.4 Å². The number of nitriles is 1. The van der Waals surface area contributed by atoms with E-state index in [1.165, 1.54) is 11.3 Å². The fourth-order valence-corrected chi connectivity index (χ4v) is 3.42. The lowest BCUT2D eigenvalue weighted by Gasteiger charge is -2.29. The molecule has 6 heteroatoms. The van der Waals surface area contributed by atoms with Gasteiger partial charge in [0.1, 0.15) is 11.1 Å². The number of aliphatic hydroxyl groups excluding tert-OH is 1. The second-order valence-electron chi connectivity index (χ2n) is 5.18. The highest BCUT2D eigenvalue weighted by molar-refractivity contribution is 7.16. The SMILES string of the molecule is Cc1sc(NC(=O)CN2CCCC(O)C2)c(C#N)c1C. The van der Waals surface area contributed by atoms with Gasteiger partial charge in [0.05, 0.1) is 18.2 Å². The Morgan fingerprint density at radius 3 is 3.00 bits per heavy atom. The first-order valence-electron chi connectivity index (χ1n) is 6.71. The molecule has 2 N–H and O–H groups in total. The summed E-state index contributed by atoms with van der Waals surface area (Å²) in [7, 11) is 0. The molecule has 1 saturated heterocycles. The van der Waals surface area contributed by atoms with Crippen LogP contribution in [0, 0.1) is 25.2 Å². The number of hydrogen-bond acceptors (Lipinski definition) is 5. The molecule has 1 aromatic heterocycles. The summed E-state index contributed by atoms with van der Waals surface area (Å²) in [5.41, 5.74) is 1.49. The number of hydrogen-bond donors (Lipinski definition) is 2. The summed E-state index contributed by atoms with van der Waals surface area (Å²) < 4.78 is 0. The fraction of sp³-hybridized carbons (Fsp3) is 0.571. The molecule has 0 spiro atoms. The summed E-state index contributed by atoms with van der Waals surface area (Å²) in [6, 6.07) is 2.14. The highest BCUT2D eigenvalue weighted by atomic mass is 32.1. The smallest absolute Gasteiger partial charge is 0.239 e. The molecular weight excluding hydrogens is 274 g/mol. The second kappa shape index (κ2) is 6.35. The van der Waals surface area contributed by atoms with E-state index in [1.54, 1.807) is 0 Å². The van der Waals surface area contributed by atoms with Crippen LogP contribution >= 0.6 is 11.3 Å². The number of aliphatic hydroxyl groups is 1. The number of aryl methyl sites for hydroxylation is 1. The molecule has 1 atom stereocenters. The van der Waals surface area contributed by atoms with Gasteiger partial charge < -0.3 is 10.4 Å². The van der Waals surface area contributed by atoms with Crippen LogP contribution in [-0.4, -0.2) is 41.7 Å². The van der Waals surface area contributed by atoms with Crippen molar-refractivity contribution in [1.82, 2.24) is 4.90 Å². The van der Waals surface area contributed by atoms with Crippen molar-refractivity contribution in [2.45, 2.75) is 32.8 Å². The Kier molecular flexibility index (Phi) is 4.76. The van der Waals surface area contributed by atoms with Crippen LogP contribution in [-0.2, 0) is 4.79 Å². The van der Waals surface area contributed by atoms with E-state index in [0.717, 1.165) is 29.8 Å². The van der Waals surface area contributed by atoms with E-state index >= 15 is 0 Å². The summed E-state index contributed by atoms with van der Waals surface area (Å²) in [6.07, 6.45) is 1.38. The molecule has 0 bridgehead atoms. The van der Waals surface area contributed by atoms with Crippen LogP contribution in [0.15, 0.2) is 0 Å². The molecule has 1 amide bonds. The molecule has 5 nitrogen and oxygen atoms in total. The zero-order valence-electron chi connectivity index (χ0n) is 11.8. The van der Waals surface area contributed by atoms with Crippen LogP contribution in [0.1, 0.15) is 28.8 Å². The zero-order chi connectivity index (χ0) is 14.7. The largest absolute Gasteiger partial charge is 0.392 e. The van der Waals surface area contributed by atoms with Gasteiger partial charge in [-0.15, -0.1) is 11.3 Å². The molecule has 1 fully saturated rings. The Bertz CT molecular complexity index is 547. The lowest BCUT2D eigenvalue weighted by atomic mass is 10.1. The number of nitrogens with zero attached hydrogens (tertiary/aromatic N) is 2. The average Bonchev–Trinajstić information content (AvgIpc) is 2.64. The lowest BCUT2D eigenvalue weighted by Crippen LogP contribution is -2.42. The quantitative estimate of drug-likeness (QED) is 0.888. The van der Waals surface area contributed by atoms with Crippen molar-refractivity contribution < 1.29 is 9.90 Å². The van der Waals surface area contributed by atoms with Gasteiger partial charge in [0, 0.05) is 11.4 Å². The minimum Gasteiger partial charge on any atom is -0.392 e. The highest BCUT2D eigenvalue weighted by Crippen LogP contribution is 2.31. The van der Waals surface area contributed by atoms with Crippen molar-refractivity contribution in [1.29, 1.82) is 5.26 Å². The minimum atomic E-state index is -0.336. The number of piperidine rings is 1. The molecule has 0 aromatic carbocycles. The Balaban J connectivity index is 1.98. The molecule has 0 saturated carbocycles. The van der Waals surface area contributed by atoms with Crippen LogP contribution in [0.4, 0.5) is 5.00 Å². The molecule has 20 heavy (non-hydrogen) atoms. The van der Waals surface area contributed by atoms with E-state index in [0.29, 0.717) is 17.1 Å². The number of anilines is 1. The third-order valence-corrected chi connectivity index (χ3v) is 4.72. The summed E-state index contributed by atoms with van der Waals surface area (Å²) in [4.78, 5) is 15.0. The first-order chi connectivity index (χ1) is 9.51. The fourth-order valence-electron chi connectivity index (χ4n) is 2.39. The van der Waals surface area contributed by atoms with Gasteiger partial charge in [0.25, 0.3) is 0 Å². The number of likely N-dealkylation sites (tertiary alicyclic amines) is 1. The Hall–Kier alpha value is -1.42. The summed E-state index contributed by atoms with van der Waals surface area (Å²) >= 11 is 1.43. The highest BCUT2D eigenvalue weighted by Gasteiger charge is 2.21. The molecule has 1 aliphatic heterocycles.